The highest BCUT2D eigenvalue weighted by Gasteiger charge is 2.22. The van der Waals surface area contributed by atoms with E-state index in [1.807, 2.05) is 19.1 Å². The monoisotopic (exact) mass is 346 g/mol. The Bertz CT molecular complexity index is 943. The van der Waals surface area contributed by atoms with E-state index in [1.165, 1.54) is 12.7 Å². The Balaban J connectivity index is 2.01. The topological polar surface area (TPSA) is 94.7 Å². The van der Waals surface area contributed by atoms with Crippen LogP contribution in [0.5, 0.6) is 0 Å². The molecule has 24 heavy (non-hydrogen) atoms. The molecule has 0 unspecified atom stereocenters. The van der Waals surface area contributed by atoms with Gasteiger partial charge in [0.25, 0.3) is 10.0 Å². The Morgan fingerprint density at radius 3 is 2.33 bits per heavy atom. The average molecular weight is 346 g/mol. The van der Waals surface area contributed by atoms with Gasteiger partial charge >= 0.3 is 0 Å². The third-order valence-electron chi connectivity index (χ3n) is 3.86. The molecule has 0 saturated heterocycles. The van der Waals surface area contributed by atoms with Crippen molar-refractivity contribution >= 4 is 15.7 Å². The molecule has 2 aromatic heterocycles. The molecule has 1 N–H and O–H groups in total. The summed E-state index contributed by atoms with van der Waals surface area (Å²) in [7, 11) is -1.97. The molecule has 0 aliphatic carbocycles. The Morgan fingerprint density at radius 2 is 1.75 bits per heavy atom. The average Bonchev–Trinajstić information content (AvgIpc) is 3.19. The molecule has 1 aromatic carbocycles. The molecule has 0 radical (unpaired) electrons. The van der Waals surface area contributed by atoms with Crippen molar-refractivity contribution in [2.75, 3.05) is 4.72 Å². The third kappa shape index (κ3) is 2.90. The van der Waals surface area contributed by atoms with Gasteiger partial charge in [0, 0.05) is 7.05 Å². The van der Waals surface area contributed by atoms with Crippen molar-refractivity contribution in [2.45, 2.75) is 25.2 Å². The zero-order chi connectivity index (χ0) is 17.3. The van der Waals surface area contributed by atoms with Gasteiger partial charge in [-0.15, -0.1) is 10.2 Å². The summed E-state index contributed by atoms with van der Waals surface area (Å²) in [6.45, 7) is 3.81. The van der Waals surface area contributed by atoms with Gasteiger partial charge in [0.2, 0.25) is 0 Å². The lowest BCUT2D eigenvalue weighted by molar-refractivity contribution is 0.601. The molecule has 3 rings (SSSR count). The van der Waals surface area contributed by atoms with E-state index in [9.17, 15) is 8.42 Å². The Labute approximate surface area is 140 Å². The van der Waals surface area contributed by atoms with Crippen LogP contribution < -0.4 is 4.72 Å². The summed E-state index contributed by atoms with van der Waals surface area (Å²) < 4.78 is 31.2. The van der Waals surface area contributed by atoms with Crippen molar-refractivity contribution in [3.63, 3.8) is 0 Å². The Kier molecular flexibility index (Phi) is 4.10. The van der Waals surface area contributed by atoms with Gasteiger partial charge < -0.3 is 0 Å². The fourth-order valence-corrected chi connectivity index (χ4v) is 3.42. The second-order valence-electron chi connectivity index (χ2n) is 5.38. The number of aryl methyl sites for hydroxylation is 2. The van der Waals surface area contributed by atoms with Crippen molar-refractivity contribution in [3.05, 3.63) is 48.2 Å². The molecular weight excluding hydrogens is 328 g/mol. The van der Waals surface area contributed by atoms with Crippen LogP contribution in [-0.4, -0.2) is 33.0 Å². The summed E-state index contributed by atoms with van der Waals surface area (Å²) in [6, 6.07) is 6.83. The van der Waals surface area contributed by atoms with Crippen molar-refractivity contribution in [1.82, 2.24) is 24.5 Å². The maximum absolute atomic E-state index is 12.7. The molecule has 3 aromatic rings. The largest absolute Gasteiger partial charge is 0.274 e. The predicted molar refractivity (Wildman–Crippen MR) is 89.5 cm³/mol. The van der Waals surface area contributed by atoms with E-state index in [-0.39, 0.29) is 4.90 Å². The minimum atomic E-state index is -3.72. The van der Waals surface area contributed by atoms with Crippen LogP contribution in [0.4, 0.5) is 5.69 Å². The highest BCUT2D eigenvalue weighted by molar-refractivity contribution is 7.92. The molecule has 2 heterocycles. The minimum Gasteiger partial charge on any atom is -0.274 e. The molecule has 126 valence electrons. The molecule has 0 bridgehead atoms. The van der Waals surface area contributed by atoms with Crippen LogP contribution in [0.3, 0.4) is 0 Å². The number of benzene rings is 1. The standard InChI is InChI=1S/C15H18N6O2S/c1-4-12-5-7-13(8-6-12)24(22,23)19-14-11(2)20(3)18-15(14)21-9-16-17-10-21/h5-10,19H,4H2,1-3H3. The Hall–Kier alpha value is -2.68. The summed E-state index contributed by atoms with van der Waals surface area (Å²) >= 11 is 0. The second kappa shape index (κ2) is 6.08. The highest BCUT2D eigenvalue weighted by Crippen LogP contribution is 2.26. The molecule has 0 atom stereocenters. The summed E-state index contributed by atoms with van der Waals surface area (Å²) in [6.07, 6.45) is 3.79. The molecule has 0 fully saturated rings. The van der Waals surface area contributed by atoms with Gasteiger partial charge in [0.1, 0.15) is 18.3 Å². The van der Waals surface area contributed by atoms with Crippen LogP contribution in [0, 0.1) is 6.92 Å². The maximum atomic E-state index is 12.7. The van der Waals surface area contributed by atoms with Gasteiger partial charge in [-0.05, 0) is 31.0 Å². The molecule has 0 amide bonds. The number of hydrogen-bond donors (Lipinski definition) is 1. The first-order valence-corrected chi connectivity index (χ1v) is 8.91. The van der Waals surface area contributed by atoms with E-state index < -0.39 is 10.0 Å². The fourth-order valence-electron chi connectivity index (χ4n) is 2.30. The first kappa shape index (κ1) is 16.2. The number of sulfonamides is 1. The molecular formula is C15H18N6O2S. The molecule has 0 aliphatic heterocycles. The van der Waals surface area contributed by atoms with Gasteiger partial charge in [-0.25, -0.2) is 8.42 Å². The van der Waals surface area contributed by atoms with Gasteiger partial charge in [0.05, 0.1) is 10.6 Å². The van der Waals surface area contributed by atoms with Crippen molar-refractivity contribution in [1.29, 1.82) is 0 Å². The first-order chi connectivity index (χ1) is 11.4. The lowest BCUT2D eigenvalue weighted by Crippen LogP contribution is -2.14. The van der Waals surface area contributed by atoms with Crippen molar-refractivity contribution < 1.29 is 8.42 Å². The normalized spacial score (nSPS) is 11.6. The Morgan fingerprint density at radius 1 is 1.12 bits per heavy atom. The van der Waals surface area contributed by atoms with Crippen LogP contribution in [-0.2, 0) is 23.5 Å². The van der Waals surface area contributed by atoms with Crippen LogP contribution in [0.15, 0.2) is 41.8 Å². The number of nitrogens with zero attached hydrogens (tertiary/aromatic N) is 5. The molecule has 0 spiro atoms. The number of rotatable bonds is 5. The van der Waals surface area contributed by atoms with E-state index in [4.69, 9.17) is 0 Å². The maximum Gasteiger partial charge on any atom is 0.262 e. The van der Waals surface area contributed by atoms with Gasteiger partial charge in [-0.3, -0.25) is 14.0 Å². The summed E-state index contributed by atoms with van der Waals surface area (Å²) in [5, 5.41) is 11.8. The first-order valence-electron chi connectivity index (χ1n) is 7.42. The third-order valence-corrected chi connectivity index (χ3v) is 5.22. The smallest absolute Gasteiger partial charge is 0.262 e. The van der Waals surface area contributed by atoms with Crippen LogP contribution in [0.1, 0.15) is 18.2 Å². The van der Waals surface area contributed by atoms with Gasteiger partial charge in [0.15, 0.2) is 5.82 Å². The fraction of sp³-hybridized carbons (Fsp3) is 0.267. The summed E-state index contributed by atoms with van der Waals surface area (Å²) in [5.41, 5.74) is 2.17. The number of anilines is 1. The highest BCUT2D eigenvalue weighted by atomic mass is 32.2. The minimum absolute atomic E-state index is 0.206. The zero-order valence-corrected chi connectivity index (χ0v) is 14.4. The number of hydrogen-bond acceptors (Lipinski definition) is 5. The van der Waals surface area contributed by atoms with E-state index in [0.29, 0.717) is 17.2 Å². The quantitative estimate of drug-likeness (QED) is 0.758. The van der Waals surface area contributed by atoms with E-state index in [2.05, 4.69) is 20.0 Å². The van der Waals surface area contributed by atoms with Crippen LogP contribution in [0.2, 0.25) is 0 Å². The molecule has 0 saturated carbocycles. The van der Waals surface area contributed by atoms with Crippen LogP contribution in [0.25, 0.3) is 5.82 Å². The zero-order valence-electron chi connectivity index (χ0n) is 13.6. The molecule has 9 heteroatoms. The number of aromatic nitrogens is 5. The second-order valence-corrected chi connectivity index (χ2v) is 7.06. The van der Waals surface area contributed by atoms with Crippen molar-refractivity contribution in [2.24, 2.45) is 7.05 Å². The van der Waals surface area contributed by atoms with E-state index >= 15 is 0 Å². The lowest BCUT2D eigenvalue weighted by Gasteiger charge is -2.10. The van der Waals surface area contributed by atoms with Crippen LogP contribution >= 0.6 is 0 Å². The van der Waals surface area contributed by atoms with E-state index in [0.717, 1.165) is 12.0 Å². The molecule has 8 nitrogen and oxygen atoms in total. The van der Waals surface area contributed by atoms with Crippen molar-refractivity contribution in [3.8, 4) is 5.82 Å². The lowest BCUT2D eigenvalue weighted by atomic mass is 10.2. The number of nitrogens with one attached hydrogen (secondary N) is 1. The SMILES string of the molecule is CCc1ccc(S(=O)(=O)Nc2c(-n3cnnc3)nn(C)c2C)cc1. The predicted octanol–water partition coefficient (Wildman–Crippen LogP) is 1.67. The van der Waals surface area contributed by atoms with E-state index in [1.54, 1.807) is 35.4 Å². The summed E-state index contributed by atoms with van der Waals surface area (Å²) in [5.74, 6) is 0.425. The molecule has 0 aliphatic rings. The summed E-state index contributed by atoms with van der Waals surface area (Å²) in [4.78, 5) is 0.206. The van der Waals surface area contributed by atoms with Gasteiger partial charge in [-0.1, -0.05) is 19.1 Å². The van der Waals surface area contributed by atoms with Gasteiger partial charge in [-0.2, -0.15) is 5.10 Å².